The van der Waals surface area contributed by atoms with Gasteiger partial charge in [-0.3, -0.25) is 9.69 Å². The third-order valence-corrected chi connectivity index (χ3v) is 4.81. The molecule has 0 fully saturated rings. The number of benzene rings is 2. The fourth-order valence-corrected chi connectivity index (χ4v) is 3.48. The quantitative estimate of drug-likeness (QED) is 0.728. The van der Waals surface area contributed by atoms with Gasteiger partial charge in [-0.2, -0.15) is 10.1 Å². The maximum Gasteiger partial charge on any atom is 0.260 e. The molecule has 0 unspecified atom stereocenters. The average molecular weight is 348 g/mol. The molecular formula is C20H20N4O2. The van der Waals surface area contributed by atoms with Gasteiger partial charge in [0.1, 0.15) is 12.1 Å². The zero-order valence-corrected chi connectivity index (χ0v) is 14.7. The summed E-state index contributed by atoms with van der Waals surface area (Å²) in [7, 11) is 1.61. The Labute approximate surface area is 152 Å². The smallest absolute Gasteiger partial charge is 0.260 e. The van der Waals surface area contributed by atoms with Gasteiger partial charge in [-0.25, -0.2) is 4.68 Å². The van der Waals surface area contributed by atoms with Gasteiger partial charge in [0, 0.05) is 11.6 Å². The van der Waals surface area contributed by atoms with Gasteiger partial charge in [-0.15, -0.1) is 0 Å². The van der Waals surface area contributed by atoms with Crippen LogP contribution in [0.5, 0.6) is 5.75 Å². The van der Waals surface area contributed by atoms with Crippen LogP contribution in [-0.4, -0.2) is 33.8 Å². The predicted octanol–water partition coefficient (Wildman–Crippen LogP) is 3.32. The topological polar surface area (TPSA) is 60.2 Å². The molecule has 0 saturated heterocycles. The molecule has 0 radical (unpaired) electrons. The molecule has 1 aliphatic rings. The molecule has 132 valence electrons. The minimum absolute atomic E-state index is 0.00603. The lowest BCUT2D eigenvalue weighted by molar-refractivity contribution is 0.0966. The summed E-state index contributed by atoms with van der Waals surface area (Å²) in [6.45, 7) is 2.05. The minimum atomic E-state index is -0.0825. The molecule has 0 aliphatic carbocycles. The zero-order chi connectivity index (χ0) is 18.1. The fraction of sp³-hybridized carbons (Fsp3) is 0.250. The van der Waals surface area contributed by atoms with Gasteiger partial charge in [-0.05, 0) is 43.2 Å². The summed E-state index contributed by atoms with van der Waals surface area (Å²) in [5.74, 6) is 1.22. The summed E-state index contributed by atoms with van der Waals surface area (Å²) in [4.78, 5) is 19.2. The third kappa shape index (κ3) is 2.73. The highest BCUT2D eigenvalue weighted by atomic mass is 16.5. The number of carbonyl (C=O) groups excluding carboxylic acids is 1. The van der Waals surface area contributed by atoms with Gasteiger partial charge in [0.15, 0.2) is 0 Å². The van der Waals surface area contributed by atoms with E-state index in [1.165, 1.54) is 11.9 Å². The fourth-order valence-electron chi connectivity index (χ4n) is 3.48. The van der Waals surface area contributed by atoms with Crippen LogP contribution < -0.4 is 9.64 Å². The van der Waals surface area contributed by atoms with Gasteiger partial charge >= 0.3 is 0 Å². The zero-order valence-electron chi connectivity index (χ0n) is 14.7. The largest absolute Gasteiger partial charge is 0.497 e. The molecule has 0 N–H and O–H groups in total. The van der Waals surface area contributed by atoms with Crippen LogP contribution in [0.4, 0.5) is 5.95 Å². The Morgan fingerprint density at radius 1 is 1.12 bits per heavy atom. The summed E-state index contributed by atoms with van der Waals surface area (Å²) in [6.07, 6.45) is 2.29. The lowest BCUT2D eigenvalue weighted by atomic mass is 9.97. The van der Waals surface area contributed by atoms with Crippen molar-refractivity contribution in [3.63, 3.8) is 0 Å². The van der Waals surface area contributed by atoms with Gasteiger partial charge in [0.25, 0.3) is 5.91 Å². The van der Waals surface area contributed by atoms with E-state index in [2.05, 4.69) is 29.1 Å². The van der Waals surface area contributed by atoms with E-state index >= 15 is 0 Å². The Kier molecular flexibility index (Phi) is 4.16. The second-order valence-electron chi connectivity index (χ2n) is 6.42. The number of hydrogen-bond donors (Lipinski definition) is 0. The van der Waals surface area contributed by atoms with E-state index in [1.807, 2.05) is 22.9 Å². The Balaban J connectivity index is 1.70. The summed E-state index contributed by atoms with van der Waals surface area (Å²) in [6, 6.07) is 17.4. The number of aromatic nitrogens is 3. The molecule has 6 heteroatoms. The normalized spacial score (nSPS) is 19.1. The van der Waals surface area contributed by atoms with Crippen LogP contribution in [0.2, 0.25) is 0 Å². The second-order valence-corrected chi connectivity index (χ2v) is 6.42. The molecule has 6 nitrogen and oxygen atoms in total. The summed E-state index contributed by atoms with van der Waals surface area (Å²) in [5.41, 5.74) is 1.77. The number of amides is 1. The highest BCUT2D eigenvalue weighted by molar-refractivity contribution is 6.05. The lowest BCUT2D eigenvalue weighted by Crippen LogP contribution is -2.46. The van der Waals surface area contributed by atoms with E-state index in [4.69, 9.17) is 4.74 Å². The lowest BCUT2D eigenvalue weighted by Gasteiger charge is -2.37. The monoisotopic (exact) mass is 348 g/mol. The second kappa shape index (κ2) is 6.63. The van der Waals surface area contributed by atoms with E-state index in [1.54, 1.807) is 36.3 Å². The number of nitrogens with zero attached hydrogens (tertiary/aromatic N) is 4. The summed E-state index contributed by atoms with van der Waals surface area (Å²) >= 11 is 0. The van der Waals surface area contributed by atoms with Crippen molar-refractivity contribution in [2.75, 3.05) is 12.0 Å². The molecule has 3 aromatic rings. The van der Waals surface area contributed by atoms with Crippen LogP contribution in [0.15, 0.2) is 60.9 Å². The molecule has 2 heterocycles. The molecule has 1 amide bonds. The van der Waals surface area contributed by atoms with E-state index in [9.17, 15) is 4.79 Å². The highest BCUT2D eigenvalue weighted by Crippen LogP contribution is 2.35. The average Bonchev–Trinajstić information content (AvgIpc) is 3.17. The first-order valence-electron chi connectivity index (χ1n) is 8.61. The minimum Gasteiger partial charge on any atom is -0.497 e. The number of hydrogen-bond acceptors (Lipinski definition) is 4. The van der Waals surface area contributed by atoms with Crippen molar-refractivity contribution >= 4 is 11.9 Å². The van der Waals surface area contributed by atoms with Crippen molar-refractivity contribution in [2.24, 2.45) is 0 Å². The van der Waals surface area contributed by atoms with Crippen molar-refractivity contribution in [2.45, 2.75) is 25.4 Å². The van der Waals surface area contributed by atoms with E-state index in [0.29, 0.717) is 11.5 Å². The van der Waals surface area contributed by atoms with Crippen molar-refractivity contribution < 1.29 is 9.53 Å². The Hall–Kier alpha value is -3.15. The molecule has 0 saturated carbocycles. The summed E-state index contributed by atoms with van der Waals surface area (Å²) < 4.78 is 7.02. The maximum atomic E-state index is 13.1. The number of anilines is 1. The van der Waals surface area contributed by atoms with Gasteiger partial charge in [-0.1, -0.05) is 30.3 Å². The van der Waals surface area contributed by atoms with Crippen LogP contribution in [-0.2, 0) is 0 Å². The van der Waals surface area contributed by atoms with Crippen molar-refractivity contribution in [3.8, 4) is 5.75 Å². The van der Waals surface area contributed by atoms with Gasteiger partial charge in [0.2, 0.25) is 5.95 Å². The maximum absolute atomic E-state index is 13.1. The molecule has 2 aromatic carbocycles. The highest BCUT2D eigenvalue weighted by Gasteiger charge is 2.36. The first-order valence-corrected chi connectivity index (χ1v) is 8.61. The molecule has 1 aromatic heterocycles. The third-order valence-electron chi connectivity index (χ3n) is 4.81. The van der Waals surface area contributed by atoms with Crippen LogP contribution in [0.3, 0.4) is 0 Å². The van der Waals surface area contributed by atoms with Crippen molar-refractivity contribution in [1.82, 2.24) is 14.8 Å². The van der Waals surface area contributed by atoms with Crippen LogP contribution >= 0.6 is 0 Å². The van der Waals surface area contributed by atoms with E-state index in [-0.39, 0.29) is 18.0 Å². The first kappa shape index (κ1) is 16.3. The van der Waals surface area contributed by atoms with Crippen LogP contribution in [0.1, 0.15) is 35.3 Å². The van der Waals surface area contributed by atoms with Crippen LogP contribution in [0, 0.1) is 0 Å². The standard InChI is InChI=1S/C20H20N4O2/c1-14-12-18(15-6-4-3-5-7-15)24-20(21-13-22-24)23(14)19(25)16-8-10-17(26-2)11-9-16/h3-11,13-14,18H,12H2,1-2H3/t14-,18-/m0/s1. The molecule has 1 aliphatic heterocycles. The Morgan fingerprint density at radius 3 is 2.54 bits per heavy atom. The first-order chi connectivity index (χ1) is 12.7. The molecule has 0 bridgehead atoms. The molecule has 0 spiro atoms. The number of methoxy groups -OCH3 is 1. The number of ether oxygens (including phenoxy) is 1. The molecule has 4 rings (SSSR count). The van der Waals surface area contributed by atoms with Crippen molar-refractivity contribution in [1.29, 1.82) is 0 Å². The summed E-state index contributed by atoms with van der Waals surface area (Å²) in [5, 5.41) is 4.39. The number of rotatable bonds is 3. The van der Waals surface area contributed by atoms with E-state index < -0.39 is 0 Å². The van der Waals surface area contributed by atoms with Crippen LogP contribution in [0.25, 0.3) is 0 Å². The number of carbonyl (C=O) groups is 1. The number of fused-ring (bicyclic) bond motifs is 1. The molecular weight excluding hydrogens is 328 g/mol. The SMILES string of the molecule is COc1ccc(C(=O)N2c3ncnn3[C@H](c3ccccc3)C[C@@H]2C)cc1. The molecule has 2 atom stereocenters. The van der Waals surface area contributed by atoms with Gasteiger partial charge in [0.05, 0.1) is 13.2 Å². The van der Waals surface area contributed by atoms with Crippen molar-refractivity contribution in [3.05, 3.63) is 72.1 Å². The van der Waals surface area contributed by atoms with E-state index in [0.717, 1.165) is 12.2 Å². The van der Waals surface area contributed by atoms with Gasteiger partial charge < -0.3 is 4.74 Å². The predicted molar refractivity (Wildman–Crippen MR) is 98.5 cm³/mol. The Bertz CT molecular complexity index is 905. The Morgan fingerprint density at radius 2 is 1.85 bits per heavy atom. The molecule has 26 heavy (non-hydrogen) atoms.